The molecule has 0 atom stereocenters. The van der Waals surface area contributed by atoms with Gasteiger partial charge in [0.25, 0.3) is 0 Å². The summed E-state index contributed by atoms with van der Waals surface area (Å²) < 4.78 is 29.6. The van der Waals surface area contributed by atoms with Crippen LogP contribution in [0.1, 0.15) is 6.92 Å². The van der Waals surface area contributed by atoms with Crippen molar-refractivity contribution in [3.8, 4) is 11.5 Å². The number of benzene rings is 1. The van der Waals surface area contributed by atoms with Gasteiger partial charge in [0, 0.05) is 6.92 Å². The molecule has 0 aliphatic rings. The fourth-order valence-electron chi connectivity index (χ4n) is 0.763. The van der Waals surface area contributed by atoms with Crippen molar-refractivity contribution in [1.29, 1.82) is 0 Å². The smallest absolute Gasteiger partial charge is 0.308 e. The van der Waals surface area contributed by atoms with Crippen molar-refractivity contribution < 1.29 is 23.4 Å². The molecule has 0 saturated heterocycles. The first-order chi connectivity index (χ1) is 6.02. The standard InChI is InChI=1S/C8H6F2O3/c1-4(11)13-8-6(12)3-2-5(9)7(8)10/h2-3,12H,1H3. The zero-order valence-corrected chi connectivity index (χ0v) is 6.67. The quantitative estimate of drug-likeness (QED) is 0.537. The molecule has 5 heteroatoms. The van der Waals surface area contributed by atoms with Gasteiger partial charge in [0.05, 0.1) is 0 Å². The number of esters is 1. The first kappa shape index (κ1) is 9.44. The molecule has 1 aromatic rings. The number of carbonyl (C=O) groups excluding carboxylic acids is 1. The molecule has 0 heterocycles. The van der Waals surface area contributed by atoms with Crippen LogP contribution in [0, 0.1) is 11.6 Å². The summed E-state index contributed by atoms with van der Waals surface area (Å²) in [5.41, 5.74) is 0. The summed E-state index contributed by atoms with van der Waals surface area (Å²) >= 11 is 0. The highest BCUT2D eigenvalue weighted by atomic mass is 19.2. The number of halogens is 2. The highest BCUT2D eigenvalue weighted by Gasteiger charge is 2.15. The van der Waals surface area contributed by atoms with Crippen molar-refractivity contribution in [2.45, 2.75) is 6.92 Å². The van der Waals surface area contributed by atoms with E-state index in [4.69, 9.17) is 5.11 Å². The summed E-state index contributed by atoms with van der Waals surface area (Å²) in [5.74, 6) is -4.80. The van der Waals surface area contributed by atoms with Gasteiger partial charge in [0.1, 0.15) is 0 Å². The zero-order chi connectivity index (χ0) is 10.0. The molecule has 70 valence electrons. The van der Waals surface area contributed by atoms with E-state index in [9.17, 15) is 13.6 Å². The van der Waals surface area contributed by atoms with Gasteiger partial charge in [0.15, 0.2) is 11.6 Å². The third kappa shape index (κ3) is 1.93. The van der Waals surface area contributed by atoms with Crippen LogP contribution < -0.4 is 4.74 Å². The molecule has 0 radical (unpaired) electrons. The third-order valence-electron chi connectivity index (χ3n) is 1.27. The number of aromatic hydroxyl groups is 1. The van der Waals surface area contributed by atoms with Crippen LogP contribution in [0.3, 0.4) is 0 Å². The predicted molar refractivity (Wildman–Crippen MR) is 39.3 cm³/mol. The lowest BCUT2D eigenvalue weighted by Crippen LogP contribution is -2.04. The highest BCUT2D eigenvalue weighted by molar-refractivity contribution is 5.70. The normalized spacial score (nSPS) is 9.77. The summed E-state index contributed by atoms with van der Waals surface area (Å²) in [6.45, 7) is 1.02. The number of phenolic OH excluding ortho intramolecular Hbond substituents is 1. The Morgan fingerprint density at radius 3 is 2.62 bits per heavy atom. The van der Waals surface area contributed by atoms with Crippen LogP contribution in [0.15, 0.2) is 12.1 Å². The first-order valence-electron chi connectivity index (χ1n) is 3.37. The van der Waals surface area contributed by atoms with Gasteiger partial charge >= 0.3 is 5.97 Å². The maximum atomic E-state index is 12.8. The van der Waals surface area contributed by atoms with Crippen molar-refractivity contribution in [1.82, 2.24) is 0 Å². The van der Waals surface area contributed by atoms with Gasteiger partial charge in [-0.3, -0.25) is 4.79 Å². The van der Waals surface area contributed by atoms with E-state index in [1.54, 1.807) is 0 Å². The molecule has 1 aromatic carbocycles. The topological polar surface area (TPSA) is 46.5 Å². The zero-order valence-electron chi connectivity index (χ0n) is 6.67. The Bertz CT molecular complexity index is 349. The molecule has 13 heavy (non-hydrogen) atoms. The van der Waals surface area contributed by atoms with Crippen molar-refractivity contribution in [3.63, 3.8) is 0 Å². The van der Waals surface area contributed by atoms with Crippen molar-refractivity contribution in [2.24, 2.45) is 0 Å². The van der Waals surface area contributed by atoms with Gasteiger partial charge in [-0.25, -0.2) is 4.39 Å². The second-order valence-electron chi connectivity index (χ2n) is 2.30. The summed E-state index contributed by atoms with van der Waals surface area (Å²) in [4.78, 5) is 10.4. The summed E-state index contributed by atoms with van der Waals surface area (Å²) in [7, 11) is 0. The molecular formula is C8H6F2O3. The Balaban J connectivity index is 3.17. The molecule has 0 bridgehead atoms. The van der Waals surface area contributed by atoms with Gasteiger partial charge in [-0.15, -0.1) is 0 Å². The molecule has 0 saturated carbocycles. The van der Waals surface area contributed by atoms with E-state index in [-0.39, 0.29) is 0 Å². The van der Waals surface area contributed by atoms with Crippen LogP contribution in [-0.2, 0) is 4.79 Å². The minimum atomic E-state index is -1.38. The Morgan fingerprint density at radius 1 is 1.46 bits per heavy atom. The molecule has 3 nitrogen and oxygen atoms in total. The molecule has 0 fully saturated rings. The molecule has 0 unspecified atom stereocenters. The number of phenols is 1. The van der Waals surface area contributed by atoms with Crippen LogP contribution >= 0.6 is 0 Å². The van der Waals surface area contributed by atoms with E-state index in [2.05, 4.69) is 4.74 Å². The molecule has 0 aromatic heterocycles. The molecule has 0 aliphatic carbocycles. The van der Waals surface area contributed by atoms with E-state index in [1.165, 1.54) is 0 Å². The summed E-state index contributed by atoms with van der Waals surface area (Å²) in [6.07, 6.45) is 0. The van der Waals surface area contributed by atoms with Crippen LogP contribution in [0.2, 0.25) is 0 Å². The van der Waals surface area contributed by atoms with Crippen molar-refractivity contribution in [3.05, 3.63) is 23.8 Å². The van der Waals surface area contributed by atoms with Crippen LogP contribution in [0.4, 0.5) is 8.78 Å². The highest BCUT2D eigenvalue weighted by Crippen LogP contribution is 2.30. The Hall–Kier alpha value is -1.65. The Morgan fingerprint density at radius 2 is 2.08 bits per heavy atom. The van der Waals surface area contributed by atoms with Crippen molar-refractivity contribution >= 4 is 5.97 Å². The molecule has 0 spiro atoms. The van der Waals surface area contributed by atoms with Crippen LogP contribution in [-0.4, -0.2) is 11.1 Å². The third-order valence-corrected chi connectivity index (χ3v) is 1.27. The molecule has 0 amide bonds. The van der Waals surface area contributed by atoms with E-state index < -0.39 is 29.1 Å². The second-order valence-corrected chi connectivity index (χ2v) is 2.30. The maximum absolute atomic E-state index is 12.8. The van der Waals surface area contributed by atoms with E-state index >= 15 is 0 Å². The van der Waals surface area contributed by atoms with E-state index in [0.717, 1.165) is 19.1 Å². The van der Waals surface area contributed by atoms with Gasteiger partial charge in [-0.2, -0.15) is 4.39 Å². The number of rotatable bonds is 1. The first-order valence-corrected chi connectivity index (χ1v) is 3.37. The van der Waals surface area contributed by atoms with Gasteiger partial charge in [-0.05, 0) is 12.1 Å². The average Bonchev–Trinajstić information content (AvgIpc) is 2.05. The van der Waals surface area contributed by atoms with Crippen molar-refractivity contribution in [2.75, 3.05) is 0 Å². The Kier molecular flexibility index (Phi) is 2.46. The minimum absolute atomic E-state index is 0.617. The van der Waals surface area contributed by atoms with E-state index in [1.807, 2.05) is 0 Å². The minimum Gasteiger partial charge on any atom is -0.504 e. The molecule has 1 rings (SSSR count). The number of hydrogen-bond donors (Lipinski definition) is 1. The average molecular weight is 188 g/mol. The monoisotopic (exact) mass is 188 g/mol. The van der Waals surface area contributed by atoms with Gasteiger partial charge in [-0.1, -0.05) is 0 Å². The largest absolute Gasteiger partial charge is 0.504 e. The maximum Gasteiger partial charge on any atom is 0.308 e. The SMILES string of the molecule is CC(=O)Oc1c(O)ccc(F)c1F. The van der Waals surface area contributed by atoms with Gasteiger partial charge < -0.3 is 9.84 Å². The lowest BCUT2D eigenvalue weighted by molar-refractivity contribution is -0.132. The number of hydrogen-bond acceptors (Lipinski definition) is 3. The second kappa shape index (κ2) is 3.38. The number of ether oxygens (including phenoxy) is 1. The summed E-state index contributed by atoms with van der Waals surface area (Å²) in [6, 6.07) is 1.63. The van der Waals surface area contributed by atoms with Crippen LogP contribution in [0.5, 0.6) is 11.5 Å². The van der Waals surface area contributed by atoms with Gasteiger partial charge in [0.2, 0.25) is 11.6 Å². The lowest BCUT2D eigenvalue weighted by atomic mass is 10.3. The van der Waals surface area contributed by atoms with E-state index in [0.29, 0.717) is 0 Å². The van der Waals surface area contributed by atoms with Crippen LogP contribution in [0.25, 0.3) is 0 Å². The predicted octanol–water partition coefficient (Wildman–Crippen LogP) is 1.60. The summed E-state index contributed by atoms with van der Waals surface area (Å²) in [5, 5.41) is 8.98. The molecule has 1 N–H and O–H groups in total. The fraction of sp³-hybridized carbons (Fsp3) is 0.125. The molecular weight excluding hydrogens is 182 g/mol. The fourth-order valence-corrected chi connectivity index (χ4v) is 0.763. The lowest BCUT2D eigenvalue weighted by Gasteiger charge is -2.04. The number of carbonyl (C=O) groups is 1. The Labute approximate surface area is 72.6 Å². The molecule has 0 aliphatic heterocycles.